The molecule has 5 nitrogen and oxygen atoms in total. The average Bonchev–Trinajstić information content (AvgIpc) is 2.63. The lowest BCUT2D eigenvalue weighted by atomic mass is 10.0. The second kappa shape index (κ2) is 8.92. The molecular weight excluding hydrogens is 352 g/mol. The summed E-state index contributed by atoms with van der Waals surface area (Å²) in [6, 6.07) is 15.2. The maximum absolute atomic E-state index is 12.4. The standard InChI is InChI=1S/C20H23ClN2O3/c1-23(11-13-26-19-9-5-3-7-16(19)21)14-20(24)22-17-10-12-25-18-8-4-2-6-15(17)18/h2-9,17H,10-14H2,1H3,(H,22,24)/t17-/m1/s1. The van der Waals surface area contributed by atoms with Gasteiger partial charge in [-0.05, 0) is 25.2 Å². The first-order valence-corrected chi connectivity index (χ1v) is 9.08. The summed E-state index contributed by atoms with van der Waals surface area (Å²) >= 11 is 6.06. The molecule has 138 valence electrons. The Morgan fingerprint density at radius 2 is 2.04 bits per heavy atom. The summed E-state index contributed by atoms with van der Waals surface area (Å²) in [6.45, 7) is 2.02. The minimum atomic E-state index is -0.00746. The van der Waals surface area contributed by atoms with Gasteiger partial charge in [-0.25, -0.2) is 0 Å². The number of halogens is 1. The number of nitrogens with one attached hydrogen (secondary N) is 1. The Balaban J connectivity index is 1.44. The van der Waals surface area contributed by atoms with Crippen LogP contribution in [-0.4, -0.2) is 44.2 Å². The Kier molecular flexibility index (Phi) is 6.36. The van der Waals surface area contributed by atoms with Crippen molar-refractivity contribution in [3.63, 3.8) is 0 Å². The minimum absolute atomic E-state index is 0.000209. The van der Waals surface area contributed by atoms with Gasteiger partial charge < -0.3 is 14.8 Å². The topological polar surface area (TPSA) is 50.8 Å². The third kappa shape index (κ3) is 4.90. The number of hydrogen-bond donors (Lipinski definition) is 1. The predicted octanol–water partition coefficient (Wildman–Crippen LogP) is 3.29. The number of ether oxygens (including phenoxy) is 2. The summed E-state index contributed by atoms with van der Waals surface area (Å²) in [7, 11) is 1.90. The molecular formula is C20H23ClN2O3. The van der Waals surface area contributed by atoms with Crippen molar-refractivity contribution >= 4 is 17.5 Å². The first-order valence-electron chi connectivity index (χ1n) is 8.70. The third-order valence-corrected chi connectivity index (χ3v) is 4.59. The molecule has 0 bridgehead atoms. The number of para-hydroxylation sites is 2. The normalized spacial score (nSPS) is 15.9. The zero-order valence-electron chi connectivity index (χ0n) is 14.8. The van der Waals surface area contributed by atoms with Crippen LogP contribution in [0.1, 0.15) is 18.0 Å². The summed E-state index contributed by atoms with van der Waals surface area (Å²) in [4.78, 5) is 14.3. The highest BCUT2D eigenvalue weighted by molar-refractivity contribution is 6.32. The zero-order chi connectivity index (χ0) is 18.4. The molecule has 26 heavy (non-hydrogen) atoms. The van der Waals surface area contributed by atoms with Crippen LogP contribution in [0.2, 0.25) is 5.02 Å². The smallest absolute Gasteiger partial charge is 0.234 e. The highest BCUT2D eigenvalue weighted by atomic mass is 35.5. The van der Waals surface area contributed by atoms with Gasteiger partial charge >= 0.3 is 0 Å². The number of likely N-dealkylation sites (N-methyl/N-ethyl adjacent to an activating group) is 1. The van der Waals surface area contributed by atoms with E-state index in [0.717, 1.165) is 17.7 Å². The van der Waals surface area contributed by atoms with Crippen molar-refractivity contribution < 1.29 is 14.3 Å². The molecule has 2 aromatic carbocycles. The van der Waals surface area contributed by atoms with E-state index in [-0.39, 0.29) is 11.9 Å². The van der Waals surface area contributed by atoms with Crippen molar-refractivity contribution in [2.24, 2.45) is 0 Å². The van der Waals surface area contributed by atoms with Crippen LogP contribution < -0.4 is 14.8 Å². The SMILES string of the molecule is CN(CCOc1ccccc1Cl)CC(=O)N[C@@H]1CCOc2ccccc21. The minimum Gasteiger partial charge on any atom is -0.493 e. The summed E-state index contributed by atoms with van der Waals surface area (Å²) < 4.78 is 11.3. The number of rotatable bonds is 7. The predicted molar refractivity (Wildman–Crippen MR) is 102 cm³/mol. The van der Waals surface area contributed by atoms with Gasteiger partial charge in [-0.2, -0.15) is 0 Å². The van der Waals surface area contributed by atoms with Gasteiger partial charge in [0.2, 0.25) is 5.91 Å². The molecule has 0 unspecified atom stereocenters. The molecule has 1 atom stereocenters. The average molecular weight is 375 g/mol. The molecule has 0 saturated heterocycles. The van der Waals surface area contributed by atoms with E-state index in [0.29, 0.717) is 37.1 Å². The lowest BCUT2D eigenvalue weighted by Crippen LogP contribution is -2.39. The molecule has 3 rings (SSSR count). The van der Waals surface area contributed by atoms with Crippen molar-refractivity contribution in [3.05, 3.63) is 59.1 Å². The number of hydrogen-bond acceptors (Lipinski definition) is 4. The van der Waals surface area contributed by atoms with Crippen molar-refractivity contribution in [2.45, 2.75) is 12.5 Å². The zero-order valence-corrected chi connectivity index (χ0v) is 15.5. The van der Waals surface area contributed by atoms with Crippen molar-refractivity contribution in [2.75, 3.05) is 33.4 Å². The lowest BCUT2D eigenvalue weighted by molar-refractivity contribution is -0.122. The molecule has 1 aliphatic heterocycles. The van der Waals surface area contributed by atoms with Crippen LogP contribution in [0.3, 0.4) is 0 Å². The molecule has 1 aliphatic rings. The van der Waals surface area contributed by atoms with E-state index in [1.807, 2.05) is 54.4 Å². The fraction of sp³-hybridized carbons (Fsp3) is 0.350. The molecule has 2 aromatic rings. The Labute approximate surface area is 158 Å². The second-order valence-corrected chi connectivity index (χ2v) is 6.72. The first kappa shape index (κ1) is 18.5. The Morgan fingerprint density at radius 1 is 1.27 bits per heavy atom. The van der Waals surface area contributed by atoms with Gasteiger partial charge in [0.25, 0.3) is 0 Å². The van der Waals surface area contributed by atoms with E-state index in [4.69, 9.17) is 21.1 Å². The lowest BCUT2D eigenvalue weighted by Gasteiger charge is -2.27. The molecule has 1 amide bonds. The number of amides is 1. The molecule has 0 saturated carbocycles. The number of nitrogens with zero attached hydrogens (tertiary/aromatic N) is 1. The molecule has 0 aliphatic carbocycles. The highest BCUT2D eigenvalue weighted by Gasteiger charge is 2.22. The monoisotopic (exact) mass is 374 g/mol. The van der Waals surface area contributed by atoms with Crippen LogP contribution in [0.15, 0.2) is 48.5 Å². The van der Waals surface area contributed by atoms with E-state index in [1.54, 1.807) is 6.07 Å². The van der Waals surface area contributed by atoms with E-state index in [1.165, 1.54) is 0 Å². The fourth-order valence-corrected chi connectivity index (χ4v) is 3.12. The van der Waals surface area contributed by atoms with Gasteiger partial charge in [0, 0.05) is 18.5 Å². The second-order valence-electron chi connectivity index (χ2n) is 6.31. The first-order chi connectivity index (χ1) is 12.6. The van der Waals surface area contributed by atoms with Crippen molar-refractivity contribution in [3.8, 4) is 11.5 Å². The number of fused-ring (bicyclic) bond motifs is 1. The molecule has 0 spiro atoms. The van der Waals surface area contributed by atoms with Gasteiger partial charge in [-0.15, -0.1) is 0 Å². The Bertz CT molecular complexity index is 753. The van der Waals surface area contributed by atoms with Crippen molar-refractivity contribution in [1.82, 2.24) is 10.2 Å². The molecule has 0 fully saturated rings. The molecule has 0 radical (unpaired) electrons. The quantitative estimate of drug-likeness (QED) is 0.808. The summed E-state index contributed by atoms with van der Waals surface area (Å²) in [5.41, 5.74) is 1.04. The molecule has 1 N–H and O–H groups in total. The van der Waals surface area contributed by atoms with Crippen LogP contribution in [0.5, 0.6) is 11.5 Å². The summed E-state index contributed by atoms with van der Waals surface area (Å²) in [5.74, 6) is 1.50. The van der Waals surface area contributed by atoms with E-state index in [9.17, 15) is 4.79 Å². The van der Waals surface area contributed by atoms with Crippen LogP contribution in [0.25, 0.3) is 0 Å². The Morgan fingerprint density at radius 3 is 2.88 bits per heavy atom. The van der Waals surface area contributed by atoms with Gasteiger partial charge in [0.05, 0.1) is 24.2 Å². The van der Waals surface area contributed by atoms with Gasteiger partial charge in [0.1, 0.15) is 18.1 Å². The van der Waals surface area contributed by atoms with E-state index >= 15 is 0 Å². The molecule has 0 aromatic heterocycles. The summed E-state index contributed by atoms with van der Waals surface area (Å²) in [5, 5.41) is 3.69. The van der Waals surface area contributed by atoms with Gasteiger partial charge in [0.15, 0.2) is 0 Å². The largest absolute Gasteiger partial charge is 0.493 e. The Hall–Kier alpha value is -2.24. The molecule has 6 heteroatoms. The van der Waals surface area contributed by atoms with Crippen LogP contribution >= 0.6 is 11.6 Å². The maximum Gasteiger partial charge on any atom is 0.234 e. The van der Waals surface area contributed by atoms with E-state index < -0.39 is 0 Å². The fourth-order valence-electron chi connectivity index (χ4n) is 2.93. The third-order valence-electron chi connectivity index (χ3n) is 4.27. The number of benzene rings is 2. The summed E-state index contributed by atoms with van der Waals surface area (Å²) in [6.07, 6.45) is 0.780. The maximum atomic E-state index is 12.4. The van der Waals surface area contributed by atoms with Crippen molar-refractivity contribution in [1.29, 1.82) is 0 Å². The van der Waals surface area contributed by atoms with Gasteiger partial charge in [-0.1, -0.05) is 41.9 Å². The number of carbonyl (C=O) groups is 1. The van der Waals surface area contributed by atoms with Crippen LogP contribution in [0, 0.1) is 0 Å². The van der Waals surface area contributed by atoms with E-state index in [2.05, 4.69) is 5.32 Å². The van der Waals surface area contributed by atoms with Crippen LogP contribution in [0.4, 0.5) is 0 Å². The molecule has 1 heterocycles. The highest BCUT2D eigenvalue weighted by Crippen LogP contribution is 2.31. The number of carbonyl (C=O) groups excluding carboxylic acids is 1. The van der Waals surface area contributed by atoms with Gasteiger partial charge in [-0.3, -0.25) is 9.69 Å². The van der Waals surface area contributed by atoms with Crippen LogP contribution in [-0.2, 0) is 4.79 Å².